The normalized spacial score (nSPS) is 6.67. The van der Waals surface area contributed by atoms with Gasteiger partial charge in [0.25, 0.3) is 0 Å². The van der Waals surface area contributed by atoms with Crippen molar-refractivity contribution < 1.29 is 0 Å². The Kier molecular flexibility index (Phi) is 1.10. The van der Waals surface area contributed by atoms with Gasteiger partial charge in [0.15, 0.2) is 0 Å². The van der Waals surface area contributed by atoms with Crippen LogP contribution in [0, 0.1) is 5.68 Å². The van der Waals surface area contributed by atoms with E-state index in [-0.39, 0.29) is 0 Å². The molecule has 6 heavy (non-hydrogen) atoms. The van der Waals surface area contributed by atoms with Crippen LogP contribution in [0.1, 0.15) is 0 Å². The predicted molar refractivity (Wildman–Crippen MR) is 26.6 cm³/mol. The standard InChI is InChI=1S/C5H4Si/c1-2-4-6-5-3-1/h1-4H. The minimum absolute atomic E-state index is 0.784. The van der Waals surface area contributed by atoms with Crippen molar-refractivity contribution >= 4 is 9.12 Å². The zero-order valence-electron chi connectivity index (χ0n) is 3.31. The molecule has 1 aromatic heterocycles. The van der Waals surface area contributed by atoms with Gasteiger partial charge in [-0.3, -0.25) is 0 Å². The van der Waals surface area contributed by atoms with Crippen molar-refractivity contribution in [2.45, 2.75) is 0 Å². The van der Waals surface area contributed by atoms with Gasteiger partial charge in [0.2, 0.25) is 0 Å². The third-order valence-electron chi connectivity index (χ3n) is 0.554. The molecule has 0 atom stereocenters. The Morgan fingerprint density at radius 1 is 1.33 bits per heavy atom. The van der Waals surface area contributed by atoms with Crippen LogP contribution < -0.4 is 0 Å². The summed E-state index contributed by atoms with van der Waals surface area (Å²) in [5, 5.41) is 0. The van der Waals surface area contributed by atoms with Gasteiger partial charge in [-0.05, 0) is 11.7 Å². The lowest BCUT2D eigenvalue weighted by molar-refractivity contribution is 1.88. The van der Waals surface area contributed by atoms with Crippen LogP contribution in [0.4, 0.5) is 0 Å². The van der Waals surface area contributed by atoms with Gasteiger partial charge >= 0.3 is 0 Å². The molecule has 0 unspecified atom stereocenters. The van der Waals surface area contributed by atoms with Gasteiger partial charge in [0, 0.05) is 9.12 Å². The van der Waals surface area contributed by atoms with Crippen LogP contribution in [0.5, 0.6) is 0 Å². The third kappa shape index (κ3) is 0.711. The highest BCUT2D eigenvalue weighted by Gasteiger charge is 1.52. The first-order chi connectivity index (χ1) is 3.00. The Morgan fingerprint density at radius 3 is 2.50 bits per heavy atom. The lowest BCUT2D eigenvalue weighted by atomic mass is 10.6. The predicted octanol–water partition coefficient (Wildman–Crippen LogP) is 0.825. The monoisotopic (exact) mass is 92.0 g/mol. The molecular weight excluding hydrogens is 88.1 g/mol. The lowest BCUT2D eigenvalue weighted by Gasteiger charge is -1.61. The maximum atomic E-state index is 3.05. The molecule has 0 spiro atoms. The smallest absolute Gasteiger partial charge is 0.0211 e. The molecular formula is C5H4Si. The fourth-order valence-corrected chi connectivity index (χ4v) is 0.800. The van der Waals surface area contributed by atoms with Gasteiger partial charge in [-0.15, -0.1) is 5.68 Å². The summed E-state index contributed by atoms with van der Waals surface area (Å²) in [5.41, 5.74) is 5.14. The maximum Gasteiger partial charge on any atom is 0.0211 e. The Hall–Kier alpha value is -0.523. The summed E-state index contributed by atoms with van der Waals surface area (Å²) in [7, 11) is 0.784. The van der Waals surface area contributed by atoms with Crippen LogP contribution >= 0.6 is 0 Å². The average Bonchev–Trinajstić information content (AvgIpc) is 1.72. The molecule has 0 aliphatic carbocycles. The fourth-order valence-electron chi connectivity index (χ4n) is 0.304. The first-order valence-electron chi connectivity index (χ1n) is 1.83. The second kappa shape index (κ2) is 1.80. The van der Waals surface area contributed by atoms with E-state index >= 15 is 0 Å². The van der Waals surface area contributed by atoms with E-state index in [0.29, 0.717) is 0 Å². The van der Waals surface area contributed by atoms with E-state index in [4.69, 9.17) is 0 Å². The SMILES string of the molecule is c1cccc[si]#1. The van der Waals surface area contributed by atoms with Crippen LogP contribution in [-0.2, 0) is 0 Å². The summed E-state index contributed by atoms with van der Waals surface area (Å²) >= 11 is 0. The molecule has 1 heteroatoms. The van der Waals surface area contributed by atoms with Crippen molar-refractivity contribution in [2.75, 3.05) is 0 Å². The van der Waals surface area contributed by atoms with E-state index in [1.807, 2.05) is 18.2 Å². The minimum Gasteiger partial charge on any atom is -0.110 e. The van der Waals surface area contributed by atoms with Crippen molar-refractivity contribution in [1.82, 2.24) is 0 Å². The molecule has 0 fully saturated rings. The summed E-state index contributed by atoms with van der Waals surface area (Å²) in [6.45, 7) is 0. The summed E-state index contributed by atoms with van der Waals surface area (Å²) in [6.07, 6.45) is 0. The Labute approximate surface area is 39.6 Å². The summed E-state index contributed by atoms with van der Waals surface area (Å²) in [6, 6.07) is 5.96. The van der Waals surface area contributed by atoms with Gasteiger partial charge < -0.3 is 0 Å². The molecule has 1 heterocycles. The first-order valence-corrected chi connectivity index (χ1v) is 2.90. The van der Waals surface area contributed by atoms with Gasteiger partial charge in [0.05, 0.1) is 0 Å². The van der Waals surface area contributed by atoms with Crippen LogP contribution in [0.25, 0.3) is 0 Å². The van der Waals surface area contributed by atoms with Crippen LogP contribution in [0.2, 0.25) is 0 Å². The molecule has 0 radical (unpaired) electrons. The fraction of sp³-hybridized carbons (Fsp3) is 0. The second-order valence-corrected chi connectivity index (χ2v) is 1.92. The van der Waals surface area contributed by atoms with E-state index in [2.05, 4.69) is 11.4 Å². The lowest BCUT2D eigenvalue weighted by Crippen LogP contribution is -1.51. The van der Waals surface area contributed by atoms with Crippen molar-refractivity contribution in [1.29, 1.82) is 0 Å². The van der Waals surface area contributed by atoms with Crippen molar-refractivity contribution in [2.24, 2.45) is 0 Å². The van der Waals surface area contributed by atoms with E-state index in [0.717, 1.165) is 9.12 Å². The molecule has 0 saturated heterocycles. The summed E-state index contributed by atoms with van der Waals surface area (Å²) < 4.78 is 0. The van der Waals surface area contributed by atoms with Gasteiger partial charge in [-0.25, -0.2) is 0 Å². The molecule has 0 aliphatic heterocycles. The average molecular weight is 92.2 g/mol. The van der Waals surface area contributed by atoms with E-state index < -0.39 is 0 Å². The van der Waals surface area contributed by atoms with Crippen molar-refractivity contribution in [3.8, 4) is 0 Å². The second-order valence-electron chi connectivity index (χ2n) is 1.01. The van der Waals surface area contributed by atoms with E-state index in [1.165, 1.54) is 0 Å². The maximum absolute atomic E-state index is 3.05. The van der Waals surface area contributed by atoms with Gasteiger partial charge in [-0.2, -0.15) is 0 Å². The number of rotatable bonds is 0. The van der Waals surface area contributed by atoms with Gasteiger partial charge in [-0.1, -0.05) is 12.1 Å². The largest absolute Gasteiger partial charge is 0.110 e. The summed E-state index contributed by atoms with van der Waals surface area (Å²) in [5.74, 6) is 0. The quantitative estimate of drug-likeness (QED) is 0.416. The van der Waals surface area contributed by atoms with Crippen LogP contribution in [0.15, 0.2) is 23.9 Å². The number of hydrogen-bond donors (Lipinski definition) is 0. The zero-order chi connectivity index (χ0) is 4.24. The molecule has 0 N–H and O–H groups in total. The van der Waals surface area contributed by atoms with Gasteiger partial charge in [0.1, 0.15) is 0 Å². The Bertz CT molecular complexity index is 75.9. The van der Waals surface area contributed by atoms with E-state index in [9.17, 15) is 0 Å². The molecule has 0 aromatic carbocycles. The van der Waals surface area contributed by atoms with Crippen LogP contribution in [-0.4, -0.2) is 9.12 Å². The zero-order valence-corrected chi connectivity index (χ0v) is 4.31. The topological polar surface area (TPSA) is 0 Å². The molecule has 1 aromatic rings. The first kappa shape index (κ1) is 3.66. The highest BCUT2D eigenvalue weighted by Crippen LogP contribution is 1.67. The van der Waals surface area contributed by atoms with Crippen molar-refractivity contribution in [3.63, 3.8) is 0 Å². The summed E-state index contributed by atoms with van der Waals surface area (Å²) in [4.78, 5) is 0. The van der Waals surface area contributed by atoms with Crippen molar-refractivity contribution in [3.05, 3.63) is 29.6 Å². The molecule has 0 bridgehead atoms. The van der Waals surface area contributed by atoms with Crippen LogP contribution in [0.3, 0.4) is 0 Å². The number of hydrogen-bond acceptors (Lipinski definition) is 0. The van der Waals surface area contributed by atoms with E-state index in [1.54, 1.807) is 0 Å². The molecule has 0 nitrogen and oxygen atoms in total. The third-order valence-corrected chi connectivity index (χ3v) is 1.25. The highest BCUT2D eigenvalue weighted by molar-refractivity contribution is 6.15. The molecule has 1 rings (SSSR count). The molecule has 28 valence electrons. The minimum atomic E-state index is 0.784. The Balaban J connectivity index is 3.00. The molecule has 0 aliphatic rings. The molecule has 0 amide bonds. The molecule has 0 saturated carbocycles. The highest BCUT2D eigenvalue weighted by atomic mass is 28.1. The Morgan fingerprint density at radius 2 is 2.33 bits per heavy atom.